The van der Waals surface area contributed by atoms with Crippen LogP contribution >= 0.6 is 0 Å². The maximum Gasteiger partial charge on any atom is 0.224 e. The van der Waals surface area contributed by atoms with Gasteiger partial charge in [0, 0.05) is 24.6 Å². The zero-order valence-corrected chi connectivity index (χ0v) is 12.7. The molecule has 0 heterocycles. The molecule has 1 aromatic rings. The molecule has 0 fully saturated rings. The summed E-state index contributed by atoms with van der Waals surface area (Å²) in [5, 5.41) is 6.08. The topological polar surface area (TPSA) is 59.6 Å². The maximum atomic E-state index is 12.0. The third kappa shape index (κ3) is 4.74. The van der Waals surface area contributed by atoms with Gasteiger partial charge in [0.25, 0.3) is 0 Å². The lowest BCUT2D eigenvalue weighted by atomic mass is 10.1. The van der Waals surface area contributed by atoms with Crippen LogP contribution in [0, 0.1) is 5.92 Å². The molecule has 1 atom stereocenters. The Kier molecular flexibility index (Phi) is 6.87. The lowest BCUT2D eigenvalue weighted by molar-refractivity contribution is -0.124. The van der Waals surface area contributed by atoms with E-state index in [2.05, 4.69) is 10.6 Å². The number of rotatable bonds is 8. The smallest absolute Gasteiger partial charge is 0.224 e. The zero-order valence-electron chi connectivity index (χ0n) is 12.7. The third-order valence-electron chi connectivity index (χ3n) is 3.09. The predicted molar refractivity (Wildman–Crippen MR) is 79.1 cm³/mol. The van der Waals surface area contributed by atoms with Crippen LogP contribution in [0.15, 0.2) is 18.2 Å². The first kappa shape index (κ1) is 16.3. The van der Waals surface area contributed by atoms with Gasteiger partial charge in [-0.25, -0.2) is 0 Å². The molecule has 0 aromatic heterocycles. The van der Waals surface area contributed by atoms with Crippen molar-refractivity contribution in [2.24, 2.45) is 5.92 Å². The summed E-state index contributed by atoms with van der Waals surface area (Å²) in [5.41, 5.74) is 0.899. The fraction of sp³-hybridized carbons (Fsp3) is 0.533. The number of hydrogen-bond donors (Lipinski definition) is 2. The number of carbonyl (C=O) groups is 1. The first-order valence-electron chi connectivity index (χ1n) is 6.81. The molecule has 0 saturated carbocycles. The van der Waals surface area contributed by atoms with Gasteiger partial charge in [-0.2, -0.15) is 0 Å². The standard InChI is InChI=1S/C15H24N2O3/c1-5-16-9-11(2)15(18)17-10-12-8-13(19-3)6-7-14(12)20-4/h6-8,11,16H,5,9-10H2,1-4H3,(H,17,18). The van der Waals surface area contributed by atoms with E-state index in [1.165, 1.54) is 0 Å². The maximum absolute atomic E-state index is 12.0. The van der Waals surface area contributed by atoms with E-state index in [-0.39, 0.29) is 11.8 Å². The molecule has 5 heteroatoms. The minimum atomic E-state index is -0.0634. The first-order valence-corrected chi connectivity index (χ1v) is 6.81. The molecule has 1 rings (SSSR count). The number of amides is 1. The highest BCUT2D eigenvalue weighted by atomic mass is 16.5. The number of carbonyl (C=O) groups excluding carboxylic acids is 1. The van der Waals surface area contributed by atoms with E-state index in [0.717, 1.165) is 23.6 Å². The average molecular weight is 280 g/mol. The van der Waals surface area contributed by atoms with Gasteiger partial charge in [0.05, 0.1) is 14.2 Å². The van der Waals surface area contributed by atoms with Gasteiger partial charge in [0.2, 0.25) is 5.91 Å². The van der Waals surface area contributed by atoms with E-state index < -0.39 is 0 Å². The van der Waals surface area contributed by atoms with Crippen LogP contribution in [-0.4, -0.2) is 33.2 Å². The van der Waals surface area contributed by atoms with Gasteiger partial charge >= 0.3 is 0 Å². The SMILES string of the molecule is CCNCC(C)C(=O)NCc1cc(OC)ccc1OC. The lowest BCUT2D eigenvalue weighted by Crippen LogP contribution is -2.35. The molecular weight excluding hydrogens is 256 g/mol. The van der Waals surface area contributed by atoms with Crippen LogP contribution in [0.1, 0.15) is 19.4 Å². The molecule has 0 radical (unpaired) electrons. The monoisotopic (exact) mass is 280 g/mol. The summed E-state index contributed by atoms with van der Waals surface area (Å²) in [6.45, 7) is 5.89. The van der Waals surface area contributed by atoms with Crippen molar-refractivity contribution in [3.63, 3.8) is 0 Å². The van der Waals surface area contributed by atoms with E-state index in [0.29, 0.717) is 13.1 Å². The molecule has 2 N–H and O–H groups in total. The molecule has 112 valence electrons. The molecule has 0 aliphatic rings. The Hall–Kier alpha value is -1.75. The van der Waals surface area contributed by atoms with Crippen LogP contribution in [0.25, 0.3) is 0 Å². The highest BCUT2D eigenvalue weighted by Crippen LogP contribution is 2.23. The Morgan fingerprint density at radius 2 is 2.05 bits per heavy atom. The van der Waals surface area contributed by atoms with Crippen LogP contribution in [0.2, 0.25) is 0 Å². The van der Waals surface area contributed by atoms with Gasteiger partial charge in [-0.05, 0) is 24.7 Å². The van der Waals surface area contributed by atoms with Crippen molar-refractivity contribution in [2.75, 3.05) is 27.3 Å². The summed E-state index contributed by atoms with van der Waals surface area (Å²) in [7, 11) is 3.23. The second kappa shape index (κ2) is 8.43. The van der Waals surface area contributed by atoms with Gasteiger partial charge in [-0.1, -0.05) is 13.8 Å². The van der Waals surface area contributed by atoms with E-state index in [1.807, 2.05) is 32.0 Å². The van der Waals surface area contributed by atoms with Crippen LogP contribution in [0.3, 0.4) is 0 Å². The highest BCUT2D eigenvalue weighted by Gasteiger charge is 2.13. The molecule has 1 aromatic carbocycles. The Morgan fingerprint density at radius 3 is 2.65 bits per heavy atom. The summed E-state index contributed by atoms with van der Waals surface area (Å²) < 4.78 is 10.5. The van der Waals surface area contributed by atoms with Crippen molar-refractivity contribution < 1.29 is 14.3 Å². The fourth-order valence-electron chi connectivity index (χ4n) is 1.83. The average Bonchev–Trinajstić information content (AvgIpc) is 2.49. The minimum Gasteiger partial charge on any atom is -0.497 e. The second-order valence-corrected chi connectivity index (χ2v) is 4.60. The summed E-state index contributed by atoms with van der Waals surface area (Å²) in [4.78, 5) is 12.0. The zero-order chi connectivity index (χ0) is 15.0. The number of benzene rings is 1. The Balaban J connectivity index is 2.62. The molecule has 1 unspecified atom stereocenters. The van der Waals surface area contributed by atoms with Gasteiger partial charge < -0.3 is 20.1 Å². The van der Waals surface area contributed by atoms with Gasteiger partial charge in [-0.3, -0.25) is 4.79 Å². The largest absolute Gasteiger partial charge is 0.497 e. The Morgan fingerprint density at radius 1 is 1.30 bits per heavy atom. The predicted octanol–water partition coefficient (Wildman–Crippen LogP) is 1.57. The van der Waals surface area contributed by atoms with Crippen LogP contribution < -0.4 is 20.1 Å². The molecule has 0 aliphatic heterocycles. The van der Waals surface area contributed by atoms with Crippen molar-refractivity contribution in [3.8, 4) is 11.5 Å². The Labute approximate surface area is 120 Å². The van der Waals surface area contributed by atoms with Crippen LogP contribution in [0.4, 0.5) is 0 Å². The minimum absolute atomic E-state index is 0.0239. The molecule has 20 heavy (non-hydrogen) atoms. The number of ether oxygens (including phenoxy) is 2. The van der Waals surface area contributed by atoms with E-state index in [1.54, 1.807) is 14.2 Å². The van der Waals surface area contributed by atoms with Crippen molar-refractivity contribution in [1.82, 2.24) is 10.6 Å². The normalized spacial score (nSPS) is 11.8. The van der Waals surface area contributed by atoms with E-state index >= 15 is 0 Å². The van der Waals surface area contributed by atoms with Gasteiger partial charge in [0.1, 0.15) is 11.5 Å². The number of nitrogens with one attached hydrogen (secondary N) is 2. The molecule has 5 nitrogen and oxygen atoms in total. The Bertz CT molecular complexity index is 435. The van der Waals surface area contributed by atoms with Crippen molar-refractivity contribution in [3.05, 3.63) is 23.8 Å². The molecular formula is C15H24N2O3. The second-order valence-electron chi connectivity index (χ2n) is 4.60. The summed E-state index contributed by atoms with van der Waals surface area (Å²) in [6.07, 6.45) is 0. The number of methoxy groups -OCH3 is 2. The molecule has 0 bridgehead atoms. The van der Waals surface area contributed by atoms with Crippen molar-refractivity contribution in [1.29, 1.82) is 0 Å². The summed E-state index contributed by atoms with van der Waals surface area (Å²) in [6, 6.07) is 5.54. The highest BCUT2D eigenvalue weighted by molar-refractivity contribution is 5.78. The molecule has 1 amide bonds. The van der Waals surface area contributed by atoms with E-state index in [4.69, 9.17) is 9.47 Å². The molecule has 0 spiro atoms. The fourth-order valence-corrected chi connectivity index (χ4v) is 1.83. The van der Waals surface area contributed by atoms with Crippen LogP contribution in [-0.2, 0) is 11.3 Å². The molecule has 0 saturated heterocycles. The van der Waals surface area contributed by atoms with Crippen molar-refractivity contribution >= 4 is 5.91 Å². The number of hydrogen-bond acceptors (Lipinski definition) is 4. The lowest BCUT2D eigenvalue weighted by Gasteiger charge is -2.14. The summed E-state index contributed by atoms with van der Waals surface area (Å²) >= 11 is 0. The molecule has 0 aliphatic carbocycles. The van der Waals surface area contributed by atoms with Gasteiger partial charge in [0.15, 0.2) is 0 Å². The van der Waals surface area contributed by atoms with Crippen molar-refractivity contribution in [2.45, 2.75) is 20.4 Å². The van der Waals surface area contributed by atoms with E-state index in [9.17, 15) is 4.79 Å². The first-order chi connectivity index (χ1) is 9.62. The third-order valence-corrected chi connectivity index (χ3v) is 3.09. The van der Waals surface area contributed by atoms with Crippen LogP contribution in [0.5, 0.6) is 11.5 Å². The van der Waals surface area contributed by atoms with Gasteiger partial charge in [-0.15, -0.1) is 0 Å². The quantitative estimate of drug-likeness (QED) is 0.759. The summed E-state index contributed by atoms with van der Waals surface area (Å²) in [5.74, 6) is 1.45.